The Labute approximate surface area is 233 Å². The minimum Gasteiger partial charge on any atom is -0.392 e. The van der Waals surface area contributed by atoms with E-state index in [1.165, 1.54) is 25.7 Å². The average molecular weight is 545 g/mol. The largest absolute Gasteiger partial charge is 0.392 e. The first-order valence-corrected chi connectivity index (χ1v) is 14.5. The number of rotatable bonds is 6. The van der Waals surface area contributed by atoms with E-state index >= 15 is 0 Å². The number of carbonyl (C=O) groups is 1. The molecule has 7 heterocycles. The zero-order valence-corrected chi connectivity index (χ0v) is 22.8. The van der Waals surface area contributed by atoms with Gasteiger partial charge in [0.1, 0.15) is 11.3 Å². The second-order valence-electron chi connectivity index (χ2n) is 11.7. The van der Waals surface area contributed by atoms with Gasteiger partial charge in [-0.15, -0.1) is 0 Å². The normalized spacial score (nSPS) is 25.0. The third-order valence-corrected chi connectivity index (χ3v) is 8.94. The average Bonchev–Trinajstić information content (AvgIpc) is 3.68. The molecule has 2 bridgehead atoms. The van der Waals surface area contributed by atoms with Crippen LogP contribution in [0.25, 0.3) is 10.9 Å². The number of anilines is 3. The van der Waals surface area contributed by atoms with Crippen molar-refractivity contribution in [1.29, 1.82) is 0 Å². The topological polar surface area (TPSA) is 131 Å². The number of amides is 1. The third-order valence-electron chi connectivity index (χ3n) is 8.94. The van der Waals surface area contributed by atoms with Crippen molar-refractivity contribution in [3.05, 3.63) is 41.3 Å². The van der Waals surface area contributed by atoms with Gasteiger partial charge in [0.05, 0.1) is 24.4 Å². The third kappa shape index (κ3) is 4.76. The standard InChI is InChI=1S/C29H36N8O3/c1-17(38)24-12-19-13-30-29(34-27(19)28(32-24)37-20-3-4-21(37)6-5-20)33-25-7-2-18-14-36(11-9-23(18)31-25)26(40)16-35-10-8-22(39)15-35/h2,7,12-13,17,20-22,38-39H,3-6,8-11,14-16H2,1H3,(H,30,31,33,34). The van der Waals surface area contributed by atoms with Crippen molar-refractivity contribution in [3.8, 4) is 0 Å². The SMILES string of the molecule is CC(O)c1cc2cnc(Nc3ccc4c(n3)CCN(C(=O)CN3CCC(O)C3)C4)nc2c(N2C3CCC2CC3)n1. The molecule has 7 rings (SSSR count). The van der Waals surface area contributed by atoms with Crippen LogP contribution in [0.1, 0.15) is 62.1 Å². The summed E-state index contributed by atoms with van der Waals surface area (Å²) in [6, 6.07) is 6.77. The van der Waals surface area contributed by atoms with E-state index in [0.29, 0.717) is 62.1 Å². The van der Waals surface area contributed by atoms with Crippen LogP contribution in [0.3, 0.4) is 0 Å². The van der Waals surface area contributed by atoms with Crippen LogP contribution in [-0.4, -0.2) is 90.2 Å². The van der Waals surface area contributed by atoms with Gasteiger partial charge in [-0.3, -0.25) is 9.69 Å². The van der Waals surface area contributed by atoms with E-state index in [2.05, 4.69) is 15.2 Å². The molecule has 0 spiro atoms. The Balaban J connectivity index is 1.10. The zero-order chi connectivity index (χ0) is 27.4. The Morgan fingerprint density at radius 3 is 2.62 bits per heavy atom. The maximum Gasteiger partial charge on any atom is 0.237 e. The highest BCUT2D eigenvalue weighted by Gasteiger charge is 2.41. The molecule has 2 unspecified atom stereocenters. The molecular formula is C29H36N8O3. The Morgan fingerprint density at radius 2 is 1.90 bits per heavy atom. The molecule has 3 N–H and O–H groups in total. The smallest absolute Gasteiger partial charge is 0.237 e. The van der Waals surface area contributed by atoms with Crippen LogP contribution in [-0.2, 0) is 17.8 Å². The molecule has 4 aliphatic heterocycles. The Kier molecular flexibility index (Phi) is 6.52. The number of β-amino-alcohol motifs (C(OH)–C–C–N with tert-alkyl or cyclic N) is 1. The number of fused-ring (bicyclic) bond motifs is 4. The summed E-state index contributed by atoms with van der Waals surface area (Å²) < 4.78 is 0. The lowest BCUT2D eigenvalue weighted by molar-refractivity contribution is -0.133. The summed E-state index contributed by atoms with van der Waals surface area (Å²) in [5.74, 6) is 2.07. The van der Waals surface area contributed by atoms with E-state index in [9.17, 15) is 15.0 Å². The monoisotopic (exact) mass is 544 g/mol. The molecular weight excluding hydrogens is 508 g/mol. The van der Waals surface area contributed by atoms with Gasteiger partial charge in [0.25, 0.3) is 0 Å². The fourth-order valence-corrected chi connectivity index (χ4v) is 6.82. The van der Waals surface area contributed by atoms with Crippen LogP contribution in [0.2, 0.25) is 0 Å². The summed E-state index contributed by atoms with van der Waals surface area (Å²) in [5.41, 5.74) is 3.45. The highest BCUT2D eigenvalue weighted by molar-refractivity contribution is 5.90. The van der Waals surface area contributed by atoms with E-state index in [-0.39, 0.29) is 12.0 Å². The molecule has 1 amide bonds. The highest BCUT2D eigenvalue weighted by Crippen LogP contribution is 2.42. The van der Waals surface area contributed by atoms with Crippen molar-refractivity contribution < 1.29 is 15.0 Å². The number of nitrogens with zero attached hydrogens (tertiary/aromatic N) is 7. The molecule has 40 heavy (non-hydrogen) atoms. The second kappa shape index (κ2) is 10.2. The predicted octanol–water partition coefficient (Wildman–Crippen LogP) is 2.30. The number of carbonyl (C=O) groups excluding carboxylic acids is 1. The first-order chi connectivity index (χ1) is 19.4. The minimum absolute atomic E-state index is 0.0983. The van der Waals surface area contributed by atoms with E-state index in [0.717, 1.165) is 40.9 Å². The number of aliphatic hydroxyl groups excluding tert-OH is 2. The molecule has 4 aliphatic rings. The van der Waals surface area contributed by atoms with Gasteiger partial charge in [-0.2, -0.15) is 0 Å². The first-order valence-electron chi connectivity index (χ1n) is 14.5. The maximum atomic E-state index is 12.8. The van der Waals surface area contributed by atoms with E-state index in [1.807, 2.05) is 28.0 Å². The molecule has 3 fully saturated rings. The number of hydrogen-bond acceptors (Lipinski definition) is 10. The van der Waals surface area contributed by atoms with E-state index in [4.69, 9.17) is 15.0 Å². The van der Waals surface area contributed by atoms with Gasteiger partial charge in [-0.25, -0.2) is 19.9 Å². The minimum atomic E-state index is -0.666. The predicted molar refractivity (Wildman–Crippen MR) is 150 cm³/mol. The first kappa shape index (κ1) is 25.6. The van der Waals surface area contributed by atoms with Gasteiger partial charge in [-0.05, 0) is 56.7 Å². The molecule has 0 radical (unpaired) electrons. The van der Waals surface area contributed by atoms with Crippen molar-refractivity contribution in [2.24, 2.45) is 0 Å². The number of hydrogen-bond donors (Lipinski definition) is 3. The number of nitrogens with one attached hydrogen (secondary N) is 1. The van der Waals surface area contributed by atoms with Crippen LogP contribution in [0.4, 0.5) is 17.6 Å². The van der Waals surface area contributed by atoms with Crippen LogP contribution in [0.15, 0.2) is 24.4 Å². The molecule has 0 saturated carbocycles. The van der Waals surface area contributed by atoms with Crippen LogP contribution in [0.5, 0.6) is 0 Å². The van der Waals surface area contributed by atoms with Crippen molar-refractivity contribution in [1.82, 2.24) is 29.7 Å². The number of likely N-dealkylation sites (tertiary alicyclic amines) is 1. The van der Waals surface area contributed by atoms with Crippen molar-refractivity contribution in [2.45, 2.75) is 76.3 Å². The Bertz CT molecular complexity index is 1430. The summed E-state index contributed by atoms with van der Waals surface area (Å²) in [5, 5.41) is 24.2. The van der Waals surface area contributed by atoms with Crippen molar-refractivity contribution >= 4 is 34.4 Å². The number of aliphatic hydroxyl groups is 2. The van der Waals surface area contributed by atoms with Gasteiger partial charge in [0.2, 0.25) is 11.9 Å². The molecule has 11 heteroatoms. The highest BCUT2D eigenvalue weighted by atomic mass is 16.3. The van der Waals surface area contributed by atoms with Crippen molar-refractivity contribution in [2.75, 3.05) is 36.4 Å². The van der Waals surface area contributed by atoms with Crippen molar-refractivity contribution in [3.63, 3.8) is 0 Å². The van der Waals surface area contributed by atoms with Gasteiger partial charge in [0.15, 0.2) is 5.82 Å². The molecule has 3 aromatic rings. The summed E-state index contributed by atoms with van der Waals surface area (Å²) in [4.78, 5) is 38.3. The lowest BCUT2D eigenvalue weighted by atomic mass is 10.0. The lowest BCUT2D eigenvalue weighted by Crippen LogP contribution is -2.42. The number of aromatic nitrogens is 4. The summed E-state index contributed by atoms with van der Waals surface area (Å²) in [6.45, 7) is 4.61. The van der Waals surface area contributed by atoms with Crippen LogP contribution < -0.4 is 10.2 Å². The molecule has 210 valence electrons. The fraction of sp³-hybridized carbons (Fsp3) is 0.552. The molecule has 3 saturated heterocycles. The van der Waals surface area contributed by atoms with Crippen LogP contribution >= 0.6 is 0 Å². The van der Waals surface area contributed by atoms with Gasteiger partial charge >= 0.3 is 0 Å². The van der Waals surface area contributed by atoms with Gasteiger partial charge in [0, 0.05) is 62.0 Å². The summed E-state index contributed by atoms with van der Waals surface area (Å²) in [7, 11) is 0. The second-order valence-corrected chi connectivity index (χ2v) is 11.7. The molecule has 2 atom stereocenters. The molecule has 3 aromatic heterocycles. The number of pyridine rings is 2. The summed E-state index contributed by atoms with van der Waals surface area (Å²) in [6.07, 6.45) is 6.91. The van der Waals surface area contributed by atoms with E-state index < -0.39 is 6.10 Å². The van der Waals surface area contributed by atoms with Gasteiger partial charge < -0.3 is 25.3 Å². The van der Waals surface area contributed by atoms with Gasteiger partial charge in [-0.1, -0.05) is 6.07 Å². The quantitative estimate of drug-likeness (QED) is 0.425. The molecule has 0 aromatic carbocycles. The maximum absolute atomic E-state index is 12.8. The molecule has 0 aliphatic carbocycles. The Hall–Kier alpha value is -3.41. The van der Waals surface area contributed by atoms with Crippen LogP contribution in [0, 0.1) is 0 Å². The fourth-order valence-electron chi connectivity index (χ4n) is 6.82. The Morgan fingerprint density at radius 1 is 1.10 bits per heavy atom. The summed E-state index contributed by atoms with van der Waals surface area (Å²) >= 11 is 0. The van der Waals surface area contributed by atoms with E-state index in [1.54, 1.807) is 13.1 Å². The lowest BCUT2D eigenvalue weighted by Gasteiger charge is -2.30. The molecule has 11 nitrogen and oxygen atoms in total. The zero-order valence-electron chi connectivity index (χ0n) is 22.8.